The van der Waals surface area contributed by atoms with E-state index in [2.05, 4.69) is 70.5 Å². The van der Waals surface area contributed by atoms with Gasteiger partial charge in [-0.15, -0.1) is 0 Å². The van der Waals surface area contributed by atoms with Crippen molar-refractivity contribution in [2.45, 2.75) is 57.5 Å². The summed E-state index contributed by atoms with van der Waals surface area (Å²) in [6.45, 7) is 2.83. The Morgan fingerprint density at radius 3 is 1.86 bits per heavy atom. The maximum absolute atomic E-state index is 13.4. The molecule has 0 N–H and O–H groups in total. The number of nitrogens with zero attached hydrogens (tertiary/aromatic N) is 2. The summed E-state index contributed by atoms with van der Waals surface area (Å²) in [5, 5.41) is 0. The molecule has 4 heteroatoms. The highest BCUT2D eigenvalue weighted by Crippen LogP contribution is 2.21. The van der Waals surface area contributed by atoms with Crippen molar-refractivity contribution in [1.82, 2.24) is 9.80 Å². The molecule has 1 fully saturated rings. The van der Waals surface area contributed by atoms with E-state index in [0.717, 1.165) is 63.6 Å². The van der Waals surface area contributed by atoms with Crippen LogP contribution in [-0.2, 0) is 24.2 Å². The van der Waals surface area contributed by atoms with Crippen LogP contribution in [0.3, 0.4) is 0 Å². The summed E-state index contributed by atoms with van der Waals surface area (Å²) in [5.74, 6) is 0.00903. The maximum atomic E-state index is 13.4. The first kappa shape index (κ1) is 25.1. The summed E-state index contributed by atoms with van der Waals surface area (Å²) >= 11 is 0. The Hall–Kier alpha value is -2.98. The molecule has 1 aliphatic rings. The molecule has 4 rings (SSSR count). The Morgan fingerprint density at radius 2 is 1.29 bits per heavy atom. The van der Waals surface area contributed by atoms with Crippen LogP contribution < -0.4 is 0 Å². The summed E-state index contributed by atoms with van der Waals surface area (Å²) in [6, 6.07) is 28.2. The van der Waals surface area contributed by atoms with Crippen LogP contribution in [-0.4, -0.2) is 41.4 Å². The van der Waals surface area contributed by atoms with Gasteiger partial charge < -0.3 is 4.90 Å². The molecule has 1 heterocycles. The van der Waals surface area contributed by atoms with Gasteiger partial charge >= 0.3 is 0 Å². The average molecular weight is 473 g/mol. The smallest absolute Gasteiger partial charge is 0.237 e. The highest BCUT2D eigenvalue weighted by molar-refractivity contribution is 5.78. The molecular formula is C31H37FN2O. The molecule has 0 unspecified atom stereocenters. The zero-order chi connectivity index (χ0) is 24.3. The van der Waals surface area contributed by atoms with Gasteiger partial charge in [0, 0.05) is 25.7 Å². The van der Waals surface area contributed by atoms with E-state index in [1.54, 1.807) is 0 Å². The molecule has 184 valence electrons. The van der Waals surface area contributed by atoms with Crippen LogP contribution in [0.5, 0.6) is 0 Å². The van der Waals surface area contributed by atoms with Gasteiger partial charge in [-0.25, -0.2) is 4.39 Å². The van der Waals surface area contributed by atoms with Gasteiger partial charge in [-0.3, -0.25) is 9.69 Å². The molecule has 0 aromatic heterocycles. The first-order chi connectivity index (χ1) is 17.2. The zero-order valence-corrected chi connectivity index (χ0v) is 20.6. The largest absolute Gasteiger partial charge is 0.339 e. The first-order valence-electron chi connectivity index (χ1n) is 13.0. The van der Waals surface area contributed by atoms with Crippen LogP contribution in [0.4, 0.5) is 4.39 Å². The molecule has 3 aromatic carbocycles. The number of halogens is 1. The Morgan fingerprint density at radius 1 is 0.714 bits per heavy atom. The third-order valence-electron chi connectivity index (χ3n) is 7.00. The predicted molar refractivity (Wildman–Crippen MR) is 141 cm³/mol. The second-order valence-corrected chi connectivity index (χ2v) is 9.69. The molecule has 0 bridgehead atoms. The molecule has 0 saturated carbocycles. The summed E-state index contributed by atoms with van der Waals surface area (Å²) < 4.78 is 13.3. The van der Waals surface area contributed by atoms with Crippen LogP contribution in [0.25, 0.3) is 0 Å². The fraction of sp³-hybridized carbons (Fsp3) is 0.387. The molecule has 1 amide bonds. The molecular weight excluding hydrogens is 435 g/mol. The lowest BCUT2D eigenvalue weighted by atomic mass is 9.97. The fourth-order valence-electron chi connectivity index (χ4n) is 5.15. The molecule has 0 atom stereocenters. The van der Waals surface area contributed by atoms with Crippen molar-refractivity contribution in [2.24, 2.45) is 0 Å². The summed E-state index contributed by atoms with van der Waals surface area (Å²) in [5.41, 5.74) is 3.78. The number of benzene rings is 3. The van der Waals surface area contributed by atoms with Gasteiger partial charge in [0.25, 0.3) is 0 Å². The van der Waals surface area contributed by atoms with Gasteiger partial charge in [-0.05, 0) is 73.8 Å². The van der Waals surface area contributed by atoms with E-state index in [0.29, 0.717) is 13.1 Å². The third-order valence-corrected chi connectivity index (χ3v) is 7.00. The SMILES string of the molecule is O=C1CN(Cc2ccc(F)cc2)CCCN1C(CCCc1ccccc1)CCCc1ccccc1. The standard InChI is InChI=1S/C31H37FN2O/c32-29-20-18-28(19-21-29)24-33-22-9-23-34(31(35)25-33)30(16-7-14-26-10-3-1-4-11-26)17-8-15-27-12-5-2-6-13-27/h1-6,10-13,18-21,30H,7-9,14-17,22-25H2. The van der Waals surface area contributed by atoms with Crippen LogP contribution in [0.2, 0.25) is 0 Å². The van der Waals surface area contributed by atoms with Crippen molar-refractivity contribution in [1.29, 1.82) is 0 Å². The maximum Gasteiger partial charge on any atom is 0.237 e. The Kier molecular flexibility index (Phi) is 9.47. The minimum Gasteiger partial charge on any atom is -0.339 e. The molecule has 0 radical (unpaired) electrons. The van der Waals surface area contributed by atoms with E-state index >= 15 is 0 Å². The molecule has 0 spiro atoms. The van der Waals surface area contributed by atoms with Gasteiger partial charge in [0.15, 0.2) is 0 Å². The molecule has 3 nitrogen and oxygen atoms in total. The van der Waals surface area contributed by atoms with Crippen molar-refractivity contribution >= 4 is 5.91 Å². The number of rotatable bonds is 11. The minimum absolute atomic E-state index is 0.222. The third kappa shape index (κ3) is 8.03. The summed E-state index contributed by atoms with van der Waals surface area (Å²) in [6.07, 6.45) is 7.32. The number of carbonyl (C=O) groups excluding carboxylic acids is 1. The molecule has 1 aliphatic heterocycles. The Bertz CT molecular complexity index is 977. The van der Waals surface area contributed by atoms with Crippen molar-refractivity contribution in [3.05, 3.63) is 107 Å². The number of amides is 1. The second kappa shape index (κ2) is 13.2. The van der Waals surface area contributed by atoms with E-state index in [1.807, 2.05) is 12.1 Å². The zero-order valence-electron chi connectivity index (χ0n) is 20.6. The lowest BCUT2D eigenvalue weighted by molar-refractivity contribution is -0.133. The van der Waals surface area contributed by atoms with Gasteiger partial charge in [-0.2, -0.15) is 0 Å². The average Bonchev–Trinajstić information content (AvgIpc) is 3.06. The van der Waals surface area contributed by atoms with E-state index in [-0.39, 0.29) is 17.8 Å². The molecule has 0 aliphatic carbocycles. The van der Waals surface area contributed by atoms with E-state index < -0.39 is 0 Å². The number of hydrogen-bond acceptors (Lipinski definition) is 2. The molecule has 3 aromatic rings. The predicted octanol–water partition coefficient (Wildman–Crippen LogP) is 6.27. The summed E-state index contributed by atoms with van der Waals surface area (Å²) in [7, 11) is 0. The van der Waals surface area contributed by atoms with Crippen molar-refractivity contribution in [3.8, 4) is 0 Å². The number of aryl methyl sites for hydroxylation is 2. The van der Waals surface area contributed by atoms with E-state index in [4.69, 9.17) is 0 Å². The molecule has 1 saturated heterocycles. The Balaban J connectivity index is 1.36. The van der Waals surface area contributed by atoms with E-state index in [9.17, 15) is 9.18 Å². The van der Waals surface area contributed by atoms with Crippen LogP contribution in [0.15, 0.2) is 84.9 Å². The summed E-state index contributed by atoms with van der Waals surface area (Å²) in [4.78, 5) is 17.8. The fourth-order valence-corrected chi connectivity index (χ4v) is 5.15. The van der Waals surface area contributed by atoms with Crippen LogP contribution >= 0.6 is 0 Å². The highest BCUT2D eigenvalue weighted by Gasteiger charge is 2.27. The number of hydrogen-bond donors (Lipinski definition) is 0. The topological polar surface area (TPSA) is 23.6 Å². The minimum atomic E-state index is -0.222. The van der Waals surface area contributed by atoms with Crippen molar-refractivity contribution < 1.29 is 9.18 Å². The van der Waals surface area contributed by atoms with Gasteiger partial charge in [0.05, 0.1) is 6.54 Å². The quantitative estimate of drug-likeness (QED) is 0.328. The molecule has 35 heavy (non-hydrogen) atoms. The lowest BCUT2D eigenvalue weighted by Gasteiger charge is -2.31. The van der Waals surface area contributed by atoms with Gasteiger partial charge in [0.2, 0.25) is 5.91 Å². The van der Waals surface area contributed by atoms with Gasteiger partial charge in [-0.1, -0.05) is 72.8 Å². The highest BCUT2D eigenvalue weighted by atomic mass is 19.1. The van der Waals surface area contributed by atoms with E-state index in [1.165, 1.54) is 23.3 Å². The number of carbonyl (C=O) groups is 1. The second-order valence-electron chi connectivity index (χ2n) is 9.69. The van der Waals surface area contributed by atoms with Gasteiger partial charge in [0.1, 0.15) is 5.82 Å². The van der Waals surface area contributed by atoms with Crippen LogP contribution in [0.1, 0.15) is 48.8 Å². The Labute approximate surface area is 209 Å². The lowest BCUT2D eigenvalue weighted by Crippen LogP contribution is -2.43. The first-order valence-corrected chi connectivity index (χ1v) is 13.0. The normalized spacial score (nSPS) is 14.9. The van der Waals surface area contributed by atoms with Crippen molar-refractivity contribution in [3.63, 3.8) is 0 Å². The monoisotopic (exact) mass is 472 g/mol. The van der Waals surface area contributed by atoms with Crippen molar-refractivity contribution in [2.75, 3.05) is 19.6 Å². The van der Waals surface area contributed by atoms with Crippen LogP contribution in [0, 0.1) is 5.82 Å².